The van der Waals surface area contributed by atoms with Crippen LogP contribution in [-0.2, 0) is 0 Å². The predicted octanol–water partition coefficient (Wildman–Crippen LogP) is 2.32. The Hall–Kier alpha value is -0.550. The van der Waals surface area contributed by atoms with Gasteiger partial charge in [0.05, 0.1) is 6.07 Å². The van der Waals surface area contributed by atoms with E-state index in [0.29, 0.717) is 5.41 Å². The zero-order valence-electron chi connectivity index (χ0n) is 8.48. The minimum atomic E-state index is 0.380. The molecule has 0 aliphatic heterocycles. The van der Waals surface area contributed by atoms with E-state index in [4.69, 9.17) is 5.26 Å². The molecule has 0 bridgehead atoms. The number of nitrogens with zero attached hydrogens (tertiary/aromatic N) is 1. The SMILES string of the molecule is CC.CCNCC1(CC#N)CC1. The lowest BCUT2D eigenvalue weighted by Gasteiger charge is -2.09. The van der Waals surface area contributed by atoms with Gasteiger partial charge in [-0.05, 0) is 24.8 Å². The Morgan fingerprint density at radius 3 is 2.33 bits per heavy atom. The predicted molar refractivity (Wildman–Crippen MR) is 51.8 cm³/mol. The van der Waals surface area contributed by atoms with Crippen LogP contribution < -0.4 is 5.32 Å². The van der Waals surface area contributed by atoms with Crippen LogP contribution in [0.3, 0.4) is 0 Å². The third-order valence-corrected chi connectivity index (χ3v) is 2.16. The standard InChI is InChI=1S/C8H14N2.C2H6/c1-2-10-7-8(3-4-8)5-6-9;1-2/h10H,2-5,7H2,1H3;1-2H3. The molecular formula is C10H20N2. The van der Waals surface area contributed by atoms with Crippen molar-refractivity contribution >= 4 is 0 Å². The summed E-state index contributed by atoms with van der Waals surface area (Å²) in [4.78, 5) is 0. The van der Waals surface area contributed by atoms with E-state index in [9.17, 15) is 0 Å². The van der Waals surface area contributed by atoms with Crippen LogP contribution in [0.25, 0.3) is 0 Å². The highest BCUT2D eigenvalue weighted by Crippen LogP contribution is 2.47. The molecule has 0 spiro atoms. The van der Waals surface area contributed by atoms with Crippen molar-refractivity contribution in [2.24, 2.45) is 5.41 Å². The Bertz CT molecular complexity index is 142. The summed E-state index contributed by atoms with van der Waals surface area (Å²) in [6.45, 7) is 8.16. The summed E-state index contributed by atoms with van der Waals surface area (Å²) < 4.78 is 0. The second-order valence-corrected chi connectivity index (χ2v) is 3.12. The van der Waals surface area contributed by atoms with E-state index in [1.54, 1.807) is 0 Å². The fourth-order valence-corrected chi connectivity index (χ4v) is 1.15. The molecule has 1 fully saturated rings. The summed E-state index contributed by atoms with van der Waals surface area (Å²) in [6, 6.07) is 2.24. The average Bonchev–Trinajstić information content (AvgIpc) is 2.87. The molecule has 0 amide bonds. The lowest BCUT2D eigenvalue weighted by atomic mass is 10.0. The first-order valence-electron chi connectivity index (χ1n) is 4.91. The Balaban J connectivity index is 0.000000561. The maximum atomic E-state index is 8.46. The minimum Gasteiger partial charge on any atom is -0.316 e. The van der Waals surface area contributed by atoms with Gasteiger partial charge >= 0.3 is 0 Å². The largest absolute Gasteiger partial charge is 0.316 e. The monoisotopic (exact) mass is 168 g/mol. The molecule has 0 saturated heterocycles. The van der Waals surface area contributed by atoms with Crippen molar-refractivity contribution in [1.29, 1.82) is 5.26 Å². The molecule has 0 radical (unpaired) electrons. The summed E-state index contributed by atoms with van der Waals surface area (Å²) in [7, 11) is 0. The van der Waals surface area contributed by atoms with Gasteiger partial charge in [0, 0.05) is 13.0 Å². The lowest BCUT2D eigenvalue weighted by molar-refractivity contribution is 0.475. The topological polar surface area (TPSA) is 35.8 Å². The van der Waals surface area contributed by atoms with Crippen molar-refractivity contribution < 1.29 is 0 Å². The lowest BCUT2D eigenvalue weighted by Crippen LogP contribution is -2.23. The van der Waals surface area contributed by atoms with Gasteiger partial charge in [0.2, 0.25) is 0 Å². The molecule has 12 heavy (non-hydrogen) atoms. The first-order chi connectivity index (χ1) is 5.83. The Kier molecular flexibility index (Phi) is 5.74. The van der Waals surface area contributed by atoms with Crippen LogP contribution in [0, 0.1) is 16.7 Å². The third-order valence-electron chi connectivity index (χ3n) is 2.16. The maximum Gasteiger partial charge on any atom is 0.0628 e. The molecule has 1 saturated carbocycles. The Morgan fingerprint density at radius 2 is 2.00 bits per heavy atom. The van der Waals surface area contributed by atoms with E-state index >= 15 is 0 Å². The van der Waals surface area contributed by atoms with Crippen LogP contribution in [0.1, 0.15) is 40.0 Å². The number of hydrogen-bond donors (Lipinski definition) is 1. The molecule has 0 aromatic rings. The molecule has 0 aromatic heterocycles. The summed E-state index contributed by atoms with van der Waals surface area (Å²) in [6.07, 6.45) is 3.22. The van der Waals surface area contributed by atoms with Crippen LogP contribution in [-0.4, -0.2) is 13.1 Å². The van der Waals surface area contributed by atoms with Crippen LogP contribution in [0.5, 0.6) is 0 Å². The molecule has 1 N–H and O–H groups in total. The second kappa shape index (κ2) is 6.02. The van der Waals surface area contributed by atoms with Gasteiger partial charge in [0.25, 0.3) is 0 Å². The zero-order chi connectivity index (χ0) is 9.45. The van der Waals surface area contributed by atoms with E-state index in [0.717, 1.165) is 19.5 Å². The van der Waals surface area contributed by atoms with Gasteiger partial charge in [-0.25, -0.2) is 0 Å². The van der Waals surface area contributed by atoms with E-state index in [2.05, 4.69) is 18.3 Å². The molecular weight excluding hydrogens is 148 g/mol. The average molecular weight is 168 g/mol. The van der Waals surface area contributed by atoms with Crippen LogP contribution >= 0.6 is 0 Å². The number of rotatable bonds is 4. The van der Waals surface area contributed by atoms with Gasteiger partial charge in [-0.1, -0.05) is 20.8 Å². The summed E-state index contributed by atoms with van der Waals surface area (Å²) in [5.41, 5.74) is 0.380. The smallest absolute Gasteiger partial charge is 0.0628 e. The quantitative estimate of drug-likeness (QED) is 0.699. The van der Waals surface area contributed by atoms with Gasteiger partial charge in [0.15, 0.2) is 0 Å². The third kappa shape index (κ3) is 3.73. The summed E-state index contributed by atoms with van der Waals surface area (Å²) in [5, 5.41) is 11.7. The van der Waals surface area contributed by atoms with Crippen molar-refractivity contribution in [2.75, 3.05) is 13.1 Å². The Morgan fingerprint density at radius 1 is 1.42 bits per heavy atom. The molecule has 1 aliphatic carbocycles. The fraction of sp³-hybridized carbons (Fsp3) is 0.900. The van der Waals surface area contributed by atoms with Gasteiger partial charge in [-0.3, -0.25) is 0 Å². The first-order valence-corrected chi connectivity index (χ1v) is 4.91. The molecule has 0 aromatic carbocycles. The van der Waals surface area contributed by atoms with Crippen molar-refractivity contribution in [3.63, 3.8) is 0 Å². The van der Waals surface area contributed by atoms with Gasteiger partial charge in [-0.2, -0.15) is 5.26 Å². The second-order valence-electron chi connectivity index (χ2n) is 3.12. The maximum absolute atomic E-state index is 8.46. The molecule has 70 valence electrons. The Labute approximate surface area is 76.0 Å². The normalized spacial score (nSPS) is 17.2. The molecule has 1 rings (SSSR count). The van der Waals surface area contributed by atoms with Crippen LogP contribution in [0.2, 0.25) is 0 Å². The summed E-state index contributed by atoms with van der Waals surface area (Å²) >= 11 is 0. The van der Waals surface area contributed by atoms with Crippen molar-refractivity contribution in [2.45, 2.75) is 40.0 Å². The first kappa shape index (κ1) is 11.4. The zero-order valence-corrected chi connectivity index (χ0v) is 8.48. The van der Waals surface area contributed by atoms with Gasteiger partial charge in [-0.15, -0.1) is 0 Å². The van der Waals surface area contributed by atoms with Gasteiger partial charge in [0.1, 0.15) is 0 Å². The fourth-order valence-electron chi connectivity index (χ4n) is 1.15. The molecule has 0 heterocycles. The van der Waals surface area contributed by atoms with Crippen LogP contribution in [0.15, 0.2) is 0 Å². The number of nitriles is 1. The van der Waals surface area contributed by atoms with Crippen molar-refractivity contribution in [3.8, 4) is 6.07 Å². The van der Waals surface area contributed by atoms with E-state index in [1.165, 1.54) is 12.8 Å². The van der Waals surface area contributed by atoms with Crippen molar-refractivity contribution in [1.82, 2.24) is 5.32 Å². The van der Waals surface area contributed by atoms with E-state index < -0.39 is 0 Å². The number of hydrogen-bond acceptors (Lipinski definition) is 2. The van der Waals surface area contributed by atoms with Gasteiger partial charge < -0.3 is 5.32 Å². The highest BCUT2D eigenvalue weighted by atomic mass is 14.9. The highest BCUT2D eigenvalue weighted by molar-refractivity contribution is 5.00. The number of nitrogens with one attached hydrogen (secondary N) is 1. The molecule has 2 nitrogen and oxygen atoms in total. The molecule has 0 unspecified atom stereocenters. The van der Waals surface area contributed by atoms with Crippen LogP contribution in [0.4, 0.5) is 0 Å². The minimum absolute atomic E-state index is 0.380. The highest BCUT2D eigenvalue weighted by Gasteiger charge is 2.41. The molecule has 0 atom stereocenters. The van der Waals surface area contributed by atoms with E-state index in [1.807, 2.05) is 13.8 Å². The van der Waals surface area contributed by atoms with E-state index in [-0.39, 0.29) is 0 Å². The molecule has 1 aliphatic rings. The summed E-state index contributed by atoms with van der Waals surface area (Å²) in [5.74, 6) is 0. The molecule has 2 heteroatoms. The van der Waals surface area contributed by atoms with Crippen molar-refractivity contribution in [3.05, 3.63) is 0 Å².